The average Bonchev–Trinajstić information content (AvgIpc) is 2.98. The summed E-state index contributed by atoms with van der Waals surface area (Å²) in [6.07, 6.45) is 1.81. The van der Waals surface area contributed by atoms with E-state index in [1.807, 2.05) is 42.5 Å². The highest BCUT2D eigenvalue weighted by molar-refractivity contribution is 6.36. The van der Waals surface area contributed by atoms with Crippen LogP contribution in [0.5, 0.6) is 5.75 Å². The second kappa shape index (κ2) is 7.88. The van der Waals surface area contributed by atoms with Crippen molar-refractivity contribution in [3.05, 3.63) is 92.4 Å². The van der Waals surface area contributed by atoms with Gasteiger partial charge in [-0.1, -0.05) is 65.1 Å². The molecule has 0 saturated carbocycles. The molecule has 1 amide bonds. The van der Waals surface area contributed by atoms with Gasteiger partial charge in [-0.3, -0.25) is 4.79 Å². The number of rotatable bonds is 4. The van der Waals surface area contributed by atoms with E-state index in [0.29, 0.717) is 26.4 Å². The van der Waals surface area contributed by atoms with Crippen LogP contribution in [0, 0.1) is 0 Å². The lowest BCUT2D eigenvalue weighted by atomic mass is 10.0. The minimum atomic E-state index is -0.130. The molecule has 1 heterocycles. The summed E-state index contributed by atoms with van der Waals surface area (Å²) in [5.74, 6) is 0.404. The maximum Gasteiger partial charge on any atom is 0.256 e. The zero-order valence-electron chi connectivity index (χ0n) is 14.5. The Morgan fingerprint density at radius 1 is 0.929 bits per heavy atom. The molecular formula is C22H14Cl3NO2. The van der Waals surface area contributed by atoms with Crippen molar-refractivity contribution in [1.82, 2.24) is 0 Å². The van der Waals surface area contributed by atoms with E-state index in [4.69, 9.17) is 39.5 Å². The van der Waals surface area contributed by atoms with E-state index in [1.165, 1.54) is 0 Å². The number of carbonyl (C=O) groups is 1. The number of hydrogen-bond acceptors (Lipinski definition) is 2. The Hall–Kier alpha value is -2.46. The van der Waals surface area contributed by atoms with Gasteiger partial charge in [-0.15, -0.1) is 0 Å². The van der Waals surface area contributed by atoms with Crippen LogP contribution >= 0.6 is 34.8 Å². The zero-order valence-corrected chi connectivity index (χ0v) is 16.8. The summed E-state index contributed by atoms with van der Waals surface area (Å²) in [4.78, 5) is 12.2. The number of benzene rings is 3. The molecule has 0 unspecified atom stereocenters. The van der Waals surface area contributed by atoms with Crippen molar-refractivity contribution in [3.63, 3.8) is 0 Å². The van der Waals surface area contributed by atoms with Gasteiger partial charge in [0.25, 0.3) is 5.91 Å². The number of hydrogen-bond donors (Lipinski definition) is 1. The average molecular weight is 431 g/mol. The summed E-state index contributed by atoms with van der Waals surface area (Å²) in [6, 6.07) is 18.2. The maximum atomic E-state index is 12.2. The molecule has 0 aliphatic carbocycles. The molecule has 4 rings (SSSR count). The predicted molar refractivity (Wildman–Crippen MR) is 115 cm³/mol. The van der Waals surface area contributed by atoms with Crippen LogP contribution in [0.2, 0.25) is 15.1 Å². The molecule has 6 heteroatoms. The van der Waals surface area contributed by atoms with Gasteiger partial charge in [-0.25, -0.2) is 0 Å². The van der Waals surface area contributed by atoms with Crippen molar-refractivity contribution in [3.8, 4) is 5.75 Å². The van der Waals surface area contributed by atoms with Crippen LogP contribution in [0.25, 0.3) is 11.6 Å². The summed E-state index contributed by atoms with van der Waals surface area (Å²) in [6.45, 7) is 0.270. The molecule has 1 aliphatic heterocycles. The van der Waals surface area contributed by atoms with Crippen molar-refractivity contribution in [2.75, 3.05) is 5.32 Å². The third-order valence-electron chi connectivity index (χ3n) is 4.38. The van der Waals surface area contributed by atoms with Crippen molar-refractivity contribution in [1.29, 1.82) is 0 Å². The van der Waals surface area contributed by atoms with Gasteiger partial charge in [0.05, 0.1) is 5.02 Å². The first-order valence-electron chi connectivity index (χ1n) is 8.50. The number of para-hydroxylation sites is 1. The molecule has 0 aromatic heterocycles. The highest BCUT2D eigenvalue weighted by Crippen LogP contribution is 2.34. The van der Waals surface area contributed by atoms with Gasteiger partial charge < -0.3 is 10.1 Å². The standard InChI is InChI=1S/C22H14Cl3NO2/c23-15-7-6-14(18(24)11-15)12-28-21-8-5-13(10-19(21)25)9-17-16-3-1-2-4-20(16)26-22(17)27/h1-11H,12H2,(H,26,27)/b17-9-. The highest BCUT2D eigenvalue weighted by atomic mass is 35.5. The van der Waals surface area contributed by atoms with Crippen LogP contribution in [0.3, 0.4) is 0 Å². The fourth-order valence-electron chi connectivity index (χ4n) is 2.97. The van der Waals surface area contributed by atoms with E-state index in [0.717, 1.165) is 22.4 Å². The van der Waals surface area contributed by atoms with E-state index in [1.54, 1.807) is 24.3 Å². The molecule has 1 aliphatic rings. The summed E-state index contributed by atoms with van der Waals surface area (Å²) in [5, 5.41) is 4.41. The largest absolute Gasteiger partial charge is 0.487 e. The topological polar surface area (TPSA) is 38.3 Å². The lowest BCUT2D eigenvalue weighted by Gasteiger charge is -2.10. The van der Waals surface area contributed by atoms with Crippen LogP contribution in [0.1, 0.15) is 16.7 Å². The first-order valence-corrected chi connectivity index (χ1v) is 9.63. The van der Waals surface area contributed by atoms with Crippen LogP contribution < -0.4 is 10.1 Å². The van der Waals surface area contributed by atoms with E-state index < -0.39 is 0 Å². The summed E-state index contributed by atoms with van der Waals surface area (Å²) in [7, 11) is 0. The second-order valence-corrected chi connectivity index (χ2v) is 7.52. The van der Waals surface area contributed by atoms with Crippen molar-refractivity contribution < 1.29 is 9.53 Å². The first-order chi connectivity index (χ1) is 13.5. The normalized spacial score (nSPS) is 14.1. The van der Waals surface area contributed by atoms with Crippen molar-refractivity contribution >= 4 is 58.0 Å². The number of ether oxygens (including phenoxy) is 1. The second-order valence-electron chi connectivity index (χ2n) is 6.27. The van der Waals surface area contributed by atoms with Gasteiger partial charge in [-0.05, 0) is 42.0 Å². The monoisotopic (exact) mass is 429 g/mol. The maximum absolute atomic E-state index is 12.2. The number of amides is 1. The third kappa shape index (κ3) is 3.88. The summed E-state index contributed by atoms with van der Waals surface area (Å²) >= 11 is 18.4. The minimum absolute atomic E-state index is 0.130. The molecule has 28 heavy (non-hydrogen) atoms. The Kier molecular flexibility index (Phi) is 5.31. The Morgan fingerprint density at radius 3 is 2.54 bits per heavy atom. The van der Waals surface area contributed by atoms with Crippen LogP contribution in [0.15, 0.2) is 60.7 Å². The molecule has 3 aromatic rings. The minimum Gasteiger partial charge on any atom is -0.487 e. The first kappa shape index (κ1) is 18.9. The van der Waals surface area contributed by atoms with Gasteiger partial charge >= 0.3 is 0 Å². The van der Waals surface area contributed by atoms with E-state index >= 15 is 0 Å². The fraction of sp³-hybridized carbons (Fsp3) is 0.0455. The fourth-order valence-corrected chi connectivity index (χ4v) is 3.67. The number of carbonyl (C=O) groups excluding carboxylic acids is 1. The highest BCUT2D eigenvalue weighted by Gasteiger charge is 2.23. The Balaban J connectivity index is 1.54. The lowest BCUT2D eigenvalue weighted by molar-refractivity contribution is -0.110. The van der Waals surface area contributed by atoms with E-state index in [-0.39, 0.29) is 12.5 Å². The van der Waals surface area contributed by atoms with Crippen molar-refractivity contribution in [2.24, 2.45) is 0 Å². The SMILES string of the molecule is O=C1Nc2ccccc2/C1=C/c1ccc(OCc2ccc(Cl)cc2Cl)c(Cl)c1. The zero-order chi connectivity index (χ0) is 19.7. The van der Waals surface area contributed by atoms with Crippen LogP contribution in [0.4, 0.5) is 5.69 Å². The molecule has 140 valence electrons. The van der Waals surface area contributed by atoms with Gasteiger partial charge in [0.2, 0.25) is 0 Å². The van der Waals surface area contributed by atoms with Gasteiger partial charge in [0.1, 0.15) is 12.4 Å². The number of nitrogens with one attached hydrogen (secondary N) is 1. The molecule has 3 aromatic carbocycles. The predicted octanol–water partition coefficient (Wildman–Crippen LogP) is 6.72. The molecule has 3 nitrogen and oxygen atoms in total. The number of fused-ring (bicyclic) bond motifs is 1. The van der Waals surface area contributed by atoms with E-state index in [9.17, 15) is 4.79 Å². The molecule has 0 saturated heterocycles. The molecule has 1 N–H and O–H groups in total. The smallest absolute Gasteiger partial charge is 0.256 e. The molecule has 0 spiro atoms. The molecule has 0 fully saturated rings. The molecule has 0 radical (unpaired) electrons. The van der Waals surface area contributed by atoms with Crippen LogP contribution in [-0.2, 0) is 11.4 Å². The third-order valence-corrected chi connectivity index (χ3v) is 5.26. The molecular weight excluding hydrogens is 417 g/mol. The molecule has 0 bridgehead atoms. The van der Waals surface area contributed by atoms with Crippen molar-refractivity contribution in [2.45, 2.75) is 6.61 Å². The summed E-state index contributed by atoms with van der Waals surface area (Å²) in [5.41, 5.74) is 3.91. The Labute approximate surface area is 177 Å². The Bertz CT molecular complexity index is 1110. The number of anilines is 1. The number of halogens is 3. The Morgan fingerprint density at radius 2 is 1.75 bits per heavy atom. The summed E-state index contributed by atoms with van der Waals surface area (Å²) < 4.78 is 5.79. The lowest BCUT2D eigenvalue weighted by Crippen LogP contribution is -2.03. The van der Waals surface area contributed by atoms with Gasteiger partial charge in [0, 0.05) is 32.4 Å². The van der Waals surface area contributed by atoms with Gasteiger partial charge in [-0.2, -0.15) is 0 Å². The van der Waals surface area contributed by atoms with Crippen LogP contribution in [-0.4, -0.2) is 5.91 Å². The molecule has 0 atom stereocenters. The van der Waals surface area contributed by atoms with E-state index in [2.05, 4.69) is 5.32 Å². The quantitative estimate of drug-likeness (QED) is 0.467. The van der Waals surface area contributed by atoms with Gasteiger partial charge in [0.15, 0.2) is 0 Å².